The molecule has 4 heteroatoms. The van der Waals surface area contributed by atoms with Crippen LogP contribution in [0.2, 0.25) is 0 Å². The van der Waals surface area contributed by atoms with Crippen LogP contribution in [0, 0.1) is 0 Å². The normalized spacial score (nSPS) is 13.3. The summed E-state index contributed by atoms with van der Waals surface area (Å²) in [7, 11) is -1.19. The Labute approximate surface area is 196 Å². The van der Waals surface area contributed by atoms with Crippen LogP contribution in [0.25, 0.3) is 0 Å². The first kappa shape index (κ1) is 23.1. The Bertz CT molecular complexity index is 1130. The van der Waals surface area contributed by atoms with Crippen molar-refractivity contribution in [3.05, 3.63) is 132 Å². The van der Waals surface area contributed by atoms with Crippen molar-refractivity contribution in [3.63, 3.8) is 0 Å². The summed E-state index contributed by atoms with van der Waals surface area (Å²) in [4.78, 5) is 26.1. The van der Waals surface area contributed by atoms with Crippen molar-refractivity contribution < 1.29 is 14.4 Å². The number of Topliss-reactive ketones (excluding diaryl/α,β-unsaturated/α-hetero) is 1. The Morgan fingerprint density at radius 3 is 1.61 bits per heavy atom. The molecule has 0 saturated carbocycles. The van der Waals surface area contributed by atoms with Gasteiger partial charge in [-0.05, 0) is 29.8 Å². The van der Waals surface area contributed by atoms with Gasteiger partial charge in [0.1, 0.15) is 10.6 Å². The molecule has 0 fully saturated rings. The molecule has 0 aliphatic rings. The summed E-state index contributed by atoms with van der Waals surface area (Å²) in [5.41, 5.74) is 0.165. The molecule has 0 aromatic heterocycles. The number of hydrogen-bond donors (Lipinski definition) is 1. The smallest absolute Gasteiger partial charge is 0.206 e. The highest BCUT2D eigenvalue weighted by atomic mass is 31.2. The van der Waals surface area contributed by atoms with Crippen LogP contribution in [0.4, 0.5) is 0 Å². The second-order valence-electron chi connectivity index (χ2n) is 8.01. The standard InChI is InChI=1S/C29H28O3P/c1-32-29(25-16-8-3-9-17-25,28(30)24-14-6-2-7-15-24)22-23-33(31,26-18-10-4-11-19-26)27-20-12-5-13-21-27/h2-21,31H,22-23H2,1H3/q+1. The quantitative estimate of drug-likeness (QED) is 0.272. The van der Waals surface area contributed by atoms with Gasteiger partial charge in [-0.15, -0.1) is 0 Å². The van der Waals surface area contributed by atoms with E-state index in [1.165, 1.54) is 0 Å². The van der Waals surface area contributed by atoms with Gasteiger partial charge in [0.15, 0.2) is 11.4 Å². The van der Waals surface area contributed by atoms with E-state index < -0.39 is 13.1 Å². The van der Waals surface area contributed by atoms with Crippen molar-refractivity contribution in [2.75, 3.05) is 13.3 Å². The van der Waals surface area contributed by atoms with E-state index >= 15 is 0 Å². The maximum Gasteiger partial charge on any atom is 0.206 e. The molecule has 4 aromatic carbocycles. The number of ether oxygens (including phenoxy) is 1. The van der Waals surface area contributed by atoms with E-state index in [9.17, 15) is 9.69 Å². The lowest BCUT2D eigenvalue weighted by Crippen LogP contribution is -2.40. The zero-order chi connectivity index (χ0) is 23.2. The maximum absolute atomic E-state index is 13.9. The molecule has 1 unspecified atom stereocenters. The van der Waals surface area contributed by atoms with E-state index in [1.807, 2.05) is 121 Å². The lowest BCUT2D eigenvalue weighted by atomic mass is 9.83. The number of hydrogen-bond acceptors (Lipinski definition) is 3. The minimum absolute atomic E-state index is 0.107. The van der Waals surface area contributed by atoms with Gasteiger partial charge in [-0.1, -0.05) is 97.1 Å². The fourth-order valence-electron chi connectivity index (χ4n) is 4.31. The molecule has 0 heterocycles. The summed E-state index contributed by atoms with van der Waals surface area (Å²) < 4.78 is 6.06. The molecule has 0 aliphatic carbocycles. The topological polar surface area (TPSA) is 46.5 Å². The van der Waals surface area contributed by atoms with Crippen LogP contribution >= 0.6 is 7.49 Å². The van der Waals surface area contributed by atoms with Gasteiger partial charge < -0.3 is 4.74 Å². The van der Waals surface area contributed by atoms with E-state index in [4.69, 9.17) is 4.74 Å². The molecule has 0 saturated heterocycles. The van der Waals surface area contributed by atoms with Gasteiger partial charge in [0.25, 0.3) is 0 Å². The summed E-state index contributed by atoms with van der Waals surface area (Å²) >= 11 is 0. The molecule has 0 spiro atoms. The SMILES string of the molecule is COC(CC[P+](O)(c1ccccc1)c1ccccc1)(C(=O)c1ccccc1)c1ccccc1. The lowest BCUT2D eigenvalue weighted by molar-refractivity contribution is -0.00308. The fraction of sp³-hybridized carbons (Fsp3) is 0.138. The molecule has 3 nitrogen and oxygen atoms in total. The Hall–Kier alpha value is -3.10. The third-order valence-corrected chi connectivity index (χ3v) is 9.32. The molecule has 166 valence electrons. The van der Waals surface area contributed by atoms with Crippen LogP contribution in [0.15, 0.2) is 121 Å². The second kappa shape index (κ2) is 10.2. The van der Waals surface area contributed by atoms with Gasteiger partial charge in [0.05, 0.1) is 6.16 Å². The van der Waals surface area contributed by atoms with Crippen molar-refractivity contribution >= 4 is 23.9 Å². The number of rotatable bonds is 9. The molecule has 1 N–H and O–H groups in total. The van der Waals surface area contributed by atoms with Crippen molar-refractivity contribution in [2.24, 2.45) is 0 Å². The number of carbonyl (C=O) groups excluding carboxylic acids is 1. The van der Waals surface area contributed by atoms with Crippen LogP contribution in [0.1, 0.15) is 22.3 Å². The van der Waals surface area contributed by atoms with Crippen LogP contribution in [-0.2, 0) is 10.3 Å². The molecule has 33 heavy (non-hydrogen) atoms. The van der Waals surface area contributed by atoms with Gasteiger partial charge >= 0.3 is 0 Å². The highest BCUT2D eigenvalue weighted by Crippen LogP contribution is 2.54. The first-order valence-electron chi connectivity index (χ1n) is 11.0. The monoisotopic (exact) mass is 455 g/mol. The van der Waals surface area contributed by atoms with Gasteiger partial charge in [-0.2, -0.15) is 0 Å². The minimum Gasteiger partial charge on any atom is -0.365 e. The average molecular weight is 456 g/mol. The Morgan fingerprint density at radius 2 is 1.15 bits per heavy atom. The van der Waals surface area contributed by atoms with Crippen molar-refractivity contribution in [3.8, 4) is 0 Å². The minimum atomic E-state index is -2.77. The van der Waals surface area contributed by atoms with Crippen molar-refractivity contribution in [2.45, 2.75) is 12.0 Å². The van der Waals surface area contributed by atoms with Crippen LogP contribution < -0.4 is 10.6 Å². The lowest BCUT2D eigenvalue weighted by Gasteiger charge is -2.33. The first-order chi connectivity index (χ1) is 16.1. The van der Waals surface area contributed by atoms with Gasteiger partial charge in [-0.3, -0.25) is 4.79 Å². The molecule has 0 amide bonds. The summed E-state index contributed by atoms with van der Waals surface area (Å²) in [6.45, 7) is 0. The predicted molar refractivity (Wildman–Crippen MR) is 137 cm³/mol. The molecule has 1 atom stereocenters. The Morgan fingerprint density at radius 1 is 0.727 bits per heavy atom. The zero-order valence-electron chi connectivity index (χ0n) is 18.7. The molecule has 4 rings (SSSR count). The highest BCUT2D eigenvalue weighted by Gasteiger charge is 2.48. The van der Waals surface area contributed by atoms with E-state index in [-0.39, 0.29) is 5.78 Å². The van der Waals surface area contributed by atoms with E-state index in [2.05, 4.69) is 0 Å². The number of carbonyl (C=O) groups is 1. The van der Waals surface area contributed by atoms with Crippen LogP contribution in [0.3, 0.4) is 0 Å². The van der Waals surface area contributed by atoms with Crippen LogP contribution in [0.5, 0.6) is 0 Å². The van der Waals surface area contributed by atoms with Gasteiger partial charge in [-0.25, -0.2) is 4.89 Å². The average Bonchev–Trinajstić information content (AvgIpc) is 2.91. The molecule has 4 aromatic rings. The third kappa shape index (κ3) is 4.67. The number of methoxy groups -OCH3 is 1. The van der Waals surface area contributed by atoms with Crippen molar-refractivity contribution in [1.29, 1.82) is 0 Å². The third-order valence-electron chi connectivity index (χ3n) is 6.15. The molecular weight excluding hydrogens is 427 g/mol. The largest absolute Gasteiger partial charge is 0.365 e. The predicted octanol–water partition coefficient (Wildman–Crippen LogP) is 5.38. The number of ketones is 1. The fourth-order valence-corrected chi connectivity index (χ4v) is 7.09. The Kier molecular flexibility index (Phi) is 7.15. The summed E-state index contributed by atoms with van der Waals surface area (Å²) in [5.74, 6) is -0.107. The van der Waals surface area contributed by atoms with Gasteiger partial charge in [0, 0.05) is 19.1 Å². The summed E-state index contributed by atoms with van der Waals surface area (Å²) in [6, 6.07) is 38.4. The second-order valence-corrected chi connectivity index (χ2v) is 11.0. The van der Waals surface area contributed by atoms with E-state index in [0.29, 0.717) is 18.1 Å². The molecular formula is C29H28O3P+. The number of benzene rings is 4. The van der Waals surface area contributed by atoms with Gasteiger partial charge in [0.2, 0.25) is 7.49 Å². The van der Waals surface area contributed by atoms with Crippen LogP contribution in [-0.4, -0.2) is 23.9 Å². The van der Waals surface area contributed by atoms with Crippen molar-refractivity contribution in [1.82, 2.24) is 0 Å². The maximum atomic E-state index is 13.9. The summed E-state index contributed by atoms with van der Waals surface area (Å²) in [5, 5.41) is 1.78. The zero-order valence-corrected chi connectivity index (χ0v) is 19.6. The first-order valence-corrected chi connectivity index (χ1v) is 13.0. The molecule has 0 aliphatic heterocycles. The highest BCUT2D eigenvalue weighted by molar-refractivity contribution is 7.84. The van der Waals surface area contributed by atoms with E-state index in [1.54, 1.807) is 7.11 Å². The summed E-state index contributed by atoms with van der Waals surface area (Å²) in [6.07, 6.45) is 0.748. The van der Waals surface area contributed by atoms with E-state index in [0.717, 1.165) is 16.2 Å². The molecule has 0 radical (unpaired) electrons. The Balaban J connectivity index is 1.79. The molecule has 0 bridgehead atoms.